The van der Waals surface area contributed by atoms with Crippen molar-refractivity contribution >= 4 is 78.6 Å². The number of amides is 1. The van der Waals surface area contributed by atoms with Gasteiger partial charge in [0, 0.05) is 11.1 Å². The summed E-state index contributed by atoms with van der Waals surface area (Å²) in [6, 6.07) is 17.0. The van der Waals surface area contributed by atoms with Gasteiger partial charge in [-0.1, -0.05) is 40.9 Å². The van der Waals surface area contributed by atoms with E-state index in [9.17, 15) is 13.2 Å². The third-order valence-corrected chi connectivity index (χ3v) is 9.98. The van der Waals surface area contributed by atoms with Crippen molar-refractivity contribution in [2.75, 3.05) is 39.3 Å². The number of nitrogens with zero attached hydrogens (tertiary/aromatic N) is 2. The first-order valence-electron chi connectivity index (χ1n) is 13.8. The van der Waals surface area contributed by atoms with Crippen LogP contribution in [0.15, 0.2) is 81.2 Å². The molecule has 4 rings (SSSR count). The number of halogens is 4. The van der Waals surface area contributed by atoms with Crippen molar-refractivity contribution in [3.8, 4) is 28.7 Å². The second-order valence-electron chi connectivity index (χ2n) is 9.71. The monoisotopic (exact) mass is 799 g/mol. The highest BCUT2D eigenvalue weighted by atomic mass is 79.9. The third kappa shape index (κ3) is 8.77. The summed E-state index contributed by atoms with van der Waals surface area (Å²) in [6.45, 7) is -0.491. The van der Waals surface area contributed by atoms with E-state index in [1.807, 2.05) is 0 Å². The molecule has 0 unspecified atom stereocenters. The molecule has 1 N–H and O–H groups in total. The Morgan fingerprint density at radius 2 is 1.52 bits per heavy atom. The molecule has 0 fully saturated rings. The van der Waals surface area contributed by atoms with Crippen LogP contribution in [0.1, 0.15) is 11.1 Å². The second-order valence-corrected chi connectivity index (χ2v) is 13.7. The Balaban J connectivity index is 1.56. The Morgan fingerprint density at radius 3 is 2.19 bits per heavy atom. The molecule has 16 heteroatoms. The van der Waals surface area contributed by atoms with Crippen LogP contribution in [0.2, 0.25) is 15.1 Å². The number of rotatable bonds is 14. The molecule has 0 aliphatic carbocycles. The van der Waals surface area contributed by atoms with Gasteiger partial charge in [-0.3, -0.25) is 9.10 Å². The number of ether oxygens (including phenoxy) is 5. The maximum atomic E-state index is 14.0. The van der Waals surface area contributed by atoms with Gasteiger partial charge in [0.1, 0.15) is 18.9 Å². The molecule has 0 bridgehead atoms. The van der Waals surface area contributed by atoms with E-state index < -0.39 is 22.5 Å². The lowest BCUT2D eigenvalue weighted by atomic mass is 10.2. The molecular weight excluding hydrogens is 773 g/mol. The summed E-state index contributed by atoms with van der Waals surface area (Å²) in [7, 11) is 1.27. The van der Waals surface area contributed by atoms with Gasteiger partial charge in [-0.15, -0.1) is 0 Å². The number of hydrogen-bond acceptors (Lipinski definition) is 9. The number of methoxy groups -OCH3 is 4. The van der Waals surface area contributed by atoms with Crippen LogP contribution < -0.4 is 33.4 Å². The zero-order valence-corrected chi connectivity index (χ0v) is 30.6. The number of benzene rings is 4. The number of sulfonamides is 1. The van der Waals surface area contributed by atoms with E-state index >= 15 is 0 Å². The van der Waals surface area contributed by atoms with E-state index in [4.69, 9.17) is 58.5 Å². The number of hydrazone groups is 1. The number of anilines is 1. The third-order valence-electron chi connectivity index (χ3n) is 6.66. The quantitative estimate of drug-likeness (QED) is 0.104. The molecule has 4 aromatic rings. The normalized spacial score (nSPS) is 11.2. The average Bonchev–Trinajstić information content (AvgIpc) is 3.07. The minimum absolute atomic E-state index is 0.0315. The van der Waals surface area contributed by atoms with Gasteiger partial charge in [-0.2, -0.15) is 5.10 Å². The maximum Gasteiger partial charge on any atom is 0.265 e. The van der Waals surface area contributed by atoms with Crippen molar-refractivity contribution in [2.45, 2.75) is 11.5 Å². The van der Waals surface area contributed by atoms with Gasteiger partial charge in [0.05, 0.1) is 59.8 Å². The Morgan fingerprint density at radius 1 is 0.833 bits per heavy atom. The Labute approximate surface area is 301 Å². The molecule has 254 valence electrons. The topological polar surface area (TPSA) is 125 Å². The highest BCUT2D eigenvalue weighted by Crippen LogP contribution is 2.38. The fourth-order valence-electron chi connectivity index (χ4n) is 4.35. The summed E-state index contributed by atoms with van der Waals surface area (Å²) < 4.78 is 56.8. The zero-order chi connectivity index (χ0) is 35.0. The summed E-state index contributed by atoms with van der Waals surface area (Å²) in [5.41, 5.74) is 3.73. The SMILES string of the molecule is COc1ccc(S(=O)(=O)N(CC(=O)N/N=C\c2cc(Br)c(OCc3ccc(Cl)c(Cl)c3)c(OC)c2)c2cc(Cl)ccc2OC)cc1OC. The Kier molecular flexibility index (Phi) is 12.7. The molecule has 11 nitrogen and oxygen atoms in total. The van der Waals surface area contributed by atoms with Crippen LogP contribution in [-0.4, -0.2) is 55.5 Å². The molecule has 48 heavy (non-hydrogen) atoms. The van der Waals surface area contributed by atoms with Gasteiger partial charge >= 0.3 is 0 Å². The number of carbonyl (C=O) groups is 1. The molecule has 0 saturated heterocycles. The predicted octanol–water partition coefficient (Wildman–Crippen LogP) is 7.37. The van der Waals surface area contributed by atoms with Crippen LogP contribution in [0.5, 0.6) is 28.7 Å². The lowest BCUT2D eigenvalue weighted by molar-refractivity contribution is -0.119. The fourth-order valence-corrected chi connectivity index (χ4v) is 6.85. The first-order chi connectivity index (χ1) is 22.9. The standard InChI is InChI=1S/C32H29BrCl3N3O8S/c1-43-27-9-6-21(34)14-26(27)39(48(41,42)22-7-10-28(44-2)29(15-22)45-3)17-31(40)38-37-16-20-11-23(33)32(30(13-20)46-4)47-18-19-5-8-24(35)25(36)12-19/h5-16H,17-18H2,1-4H3,(H,38,40)/b37-16-. The molecule has 4 aromatic carbocycles. The number of nitrogens with one attached hydrogen (secondary N) is 1. The molecule has 0 radical (unpaired) electrons. The van der Waals surface area contributed by atoms with Gasteiger partial charge in [0.25, 0.3) is 15.9 Å². The van der Waals surface area contributed by atoms with Crippen molar-refractivity contribution in [2.24, 2.45) is 5.10 Å². The lowest BCUT2D eigenvalue weighted by Crippen LogP contribution is -2.39. The lowest BCUT2D eigenvalue weighted by Gasteiger charge is -2.25. The van der Waals surface area contributed by atoms with E-state index in [-0.39, 0.29) is 33.7 Å². The van der Waals surface area contributed by atoms with Gasteiger partial charge < -0.3 is 23.7 Å². The van der Waals surface area contributed by atoms with Crippen molar-refractivity contribution in [1.29, 1.82) is 0 Å². The van der Waals surface area contributed by atoms with Crippen LogP contribution in [0.3, 0.4) is 0 Å². The highest BCUT2D eigenvalue weighted by molar-refractivity contribution is 9.10. The first-order valence-corrected chi connectivity index (χ1v) is 17.1. The van der Waals surface area contributed by atoms with Crippen molar-refractivity contribution in [1.82, 2.24) is 5.43 Å². The summed E-state index contributed by atoms with van der Waals surface area (Å²) in [4.78, 5) is 13.0. The summed E-state index contributed by atoms with van der Waals surface area (Å²) in [5.74, 6) is 0.722. The molecule has 0 aliphatic heterocycles. The second kappa shape index (κ2) is 16.5. The molecule has 0 spiro atoms. The summed E-state index contributed by atoms with van der Waals surface area (Å²) in [5, 5.41) is 5.09. The van der Waals surface area contributed by atoms with Crippen molar-refractivity contribution in [3.63, 3.8) is 0 Å². The first kappa shape index (κ1) is 36.9. The highest BCUT2D eigenvalue weighted by Gasteiger charge is 2.31. The summed E-state index contributed by atoms with van der Waals surface area (Å²) in [6.07, 6.45) is 1.36. The zero-order valence-electron chi connectivity index (χ0n) is 25.9. The Hall–Kier alpha value is -3.88. The maximum absolute atomic E-state index is 14.0. The molecule has 0 heterocycles. The van der Waals surface area contributed by atoms with Crippen LogP contribution >= 0.6 is 50.7 Å². The van der Waals surface area contributed by atoms with Gasteiger partial charge in [-0.05, 0) is 81.7 Å². The predicted molar refractivity (Wildman–Crippen MR) is 189 cm³/mol. The van der Waals surface area contributed by atoms with E-state index in [1.165, 1.54) is 71.1 Å². The molecule has 0 aromatic heterocycles. The van der Waals surface area contributed by atoms with Crippen LogP contribution in [-0.2, 0) is 21.4 Å². The van der Waals surface area contributed by atoms with Gasteiger partial charge in [0.2, 0.25) is 0 Å². The van der Waals surface area contributed by atoms with E-state index in [0.717, 1.165) is 9.87 Å². The van der Waals surface area contributed by atoms with Crippen LogP contribution in [0, 0.1) is 0 Å². The van der Waals surface area contributed by atoms with E-state index in [1.54, 1.807) is 30.3 Å². The van der Waals surface area contributed by atoms with Gasteiger partial charge in [-0.25, -0.2) is 13.8 Å². The van der Waals surface area contributed by atoms with Crippen LogP contribution in [0.4, 0.5) is 5.69 Å². The summed E-state index contributed by atoms with van der Waals surface area (Å²) >= 11 is 21.8. The van der Waals surface area contributed by atoms with Crippen LogP contribution in [0.25, 0.3) is 0 Å². The largest absolute Gasteiger partial charge is 0.495 e. The fraction of sp³-hybridized carbons (Fsp3) is 0.188. The molecule has 0 atom stereocenters. The number of hydrogen-bond donors (Lipinski definition) is 1. The van der Waals surface area contributed by atoms with Gasteiger partial charge in [0.15, 0.2) is 23.0 Å². The minimum atomic E-state index is -4.39. The number of carbonyl (C=O) groups excluding carboxylic acids is 1. The van der Waals surface area contributed by atoms with E-state index in [2.05, 4.69) is 26.5 Å². The van der Waals surface area contributed by atoms with E-state index in [0.29, 0.717) is 37.3 Å². The molecule has 1 amide bonds. The Bertz CT molecular complexity index is 1950. The molecular formula is C32H29BrCl3N3O8S. The average molecular weight is 802 g/mol. The van der Waals surface area contributed by atoms with Crippen molar-refractivity contribution < 1.29 is 36.9 Å². The van der Waals surface area contributed by atoms with Crippen molar-refractivity contribution in [3.05, 3.63) is 97.4 Å². The smallest absolute Gasteiger partial charge is 0.265 e. The minimum Gasteiger partial charge on any atom is -0.495 e. The molecule has 0 aliphatic rings. The molecule has 0 saturated carbocycles.